The van der Waals surface area contributed by atoms with E-state index in [1.165, 1.54) is 0 Å². The Labute approximate surface area is 128 Å². The normalized spacial score (nSPS) is 22.7. The molecule has 106 valence electrons. The average molecular weight is 286 g/mol. The van der Waals surface area contributed by atoms with Gasteiger partial charge in [0.25, 0.3) is 0 Å². The molecule has 0 unspecified atom stereocenters. The fourth-order valence-corrected chi connectivity index (χ4v) is 2.58. The lowest BCUT2D eigenvalue weighted by Crippen LogP contribution is -1.98. The van der Waals surface area contributed by atoms with Gasteiger partial charge in [-0.2, -0.15) is 20.5 Å². The molecule has 2 aliphatic rings. The maximum Gasteiger partial charge on any atom is 0.135 e. The van der Waals surface area contributed by atoms with Gasteiger partial charge in [0.2, 0.25) is 0 Å². The Morgan fingerprint density at radius 1 is 0.636 bits per heavy atom. The van der Waals surface area contributed by atoms with Crippen LogP contribution in [0.25, 0.3) is 5.70 Å². The van der Waals surface area contributed by atoms with Crippen LogP contribution in [0.1, 0.15) is 17.2 Å². The second-order valence-corrected chi connectivity index (χ2v) is 5.24. The zero-order valence-electron chi connectivity index (χ0n) is 11.9. The first-order valence-electron chi connectivity index (χ1n) is 7.26. The van der Waals surface area contributed by atoms with Crippen molar-refractivity contribution in [2.24, 2.45) is 20.5 Å². The Balaban J connectivity index is 1.57. The number of benzene rings is 2. The van der Waals surface area contributed by atoms with Crippen LogP contribution in [0.15, 0.2) is 99.0 Å². The first-order valence-corrected chi connectivity index (χ1v) is 7.26. The van der Waals surface area contributed by atoms with Gasteiger partial charge in [-0.25, -0.2) is 0 Å². The van der Waals surface area contributed by atoms with Crippen LogP contribution in [0, 0.1) is 0 Å². The Morgan fingerprint density at radius 3 is 2.09 bits per heavy atom. The molecule has 0 saturated carbocycles. The number of hydrogen-bond acceptors (Lipinski definition) is 4. The molecule has 4 nitrogen and oxygen atoms in total. The summed E-state index contributed by atoms with van der Waals surface area (Å²) < 4.78 is 0. The summed E-state index contributed by atoms with van der Waals surface area (Å²) in [6.07, 6.45) is 4.09. The number of azo groups is 2. The van der Waals surface area contributed by atoms with Crippen molar-refractivity contribution in [1.29, 1.82) is 0 Å². The molecule has 2 heterocycles. The zero-order chi connectivity index (χ0) is 14.8. The van der Waals surface area contributed by atoms with Crippen molar-refractivity contribution in [2.75, 3.05) is 0 Å². The predicted molar refractivity (Wildman–Crippen MR) is 85.2 cm³/mol. The van der Waals surface area contributed by atoms with Gasteiger partial charge in [-0.3, -0.25) is 0 Å². The second-order valence-electron chi connectivity index (χ2n) is 5.24. The minimum atomic E-state index is -0.132. The highest BCUT2D eigenvalue weighted by Crippen LogP contribution is 2.33. The van der Waals surface area contributed by atoms with Gasteiger partial charge in [0.1, 0.15) is 12.1 Å². The van der Waals surface area contributed by atoms with Crippen molar-refractivity contribution in [3.63, 3.8) is 0 Å². The van der Waals surface area contributed by atoms with Crippen molar-refractivity contribution >= 4 is 5.70 Å². The van der Waals surface area contributed by atoms with Crippen LogP contribution in [-0.2, 0) is 0 Å². The molecule has 4 rings (SSSR count). The molecule has 4 heteroatoms. The first-order chi connectivity index (χ1) is 10.9. The number of hydrogen-bond donors (Lipinski definition) is 0. The minimum Gasteiger partial charge on any atom is -0.176 e. The van der Waals surface area contributed by atoms with Crippen LogP contribution >= 0.6 is 0 Å². The third-order valence-electron chi connectivity index (χ3n) is 3.75. The van der Waals surface area contributed by atoms with Gasteiger partial charge < -0.3 is 0 Å². The molecule has 0 bridgehead atoms. The summed E-state index contributed by atoms with van der Waals surface area (Å²) in [5.41, 5.74) is 3.97. The molecule has 2 aromatic carbocycles. The predicted octanol–water partition coefficient (Wildman–Crippen LogP) is 4.95. The van der Waals surface area contributed by atoms with Crippen LogP contribution < -0.4 is 0 Å². The first kappa shape index (κ1) is 12.8. The summed E-state index contributed by atoms with van der Waals surface area (Å²) in [4.78, 5) is 0. The van der Waals surface area contributed by atoms with Gasteiger partial charge >= 0.3 is 0 Å². The van der Waals surface area contributed by atoms with E-state index in [2.05, 4.69) is 38.7 Å². The molecule has 0 aliphatic carbocycles. The van der Waals surface area contributed by atoms with Gasteiger partial charge in [-0.05, 0) is 17.7 Å². The van der Waals surface area contributed by atoms with Gasteiger partial charge in [0, 0.05) is 5.56 Å². The number of rotatable bonds is 3. The Hall–Kier alpha value is -2.88. The van der Waals surface area contributed by atoms with Crippen molar-refractivity contribution in [3.8, 4) is 0 Å². The van der Waals surface area contributed by atoms with Crippen LogP contribution in [0.4, 0.5) is 0 Å². The van der Waals surface area contributed by atoms with Crippen molar-refractivity contribution < 1.29 is 0 Å². The van der Waals surface area contributed by atoms with E-state index in [1.54, 1.807) is 0 Å². The summed E-state index contributed by atoms with van der Waals surface area (Å²) >= 11 is 0. The molecule has 2 atom stereocenters. The summed E-state index contributed by atoms with van der Waals surface area (Å²) in [7, 11) is 0. The maximum absolute atomic E-state index is 4.33. The van der Waals surface area contributed by atoms with Gasteiger partial charge in [-0.15, -0.1) is 0 Å². The summed E-state index contributed by atoms with van der Waals surface area (Å²) in [6.45, 7) is 0. The van der Waals surface area contributed by atoms with Crippen molar-refractivity contribution in [3.05, 3.63) is 89.6 Å². The van der Waals surface area contributed by atoms with E-state index >= 15 is 0 Å². The highest BCUT2D eigenvalue weighted by molar-refractivity contribution is 5.66. The minimum absolute atomic E-state index is 0.0134. The van der Waals surface area contributed by atoms with E-state index in [1.807, 2.05) is 54.6 Å². The lowest BCUT2D eigenvalue weighted by Gasteiger charge is -2.02. The van der Waals surface area contributed by atoms with Gasteiger partial charge in [-0.1, -0.05) is 60.7 Å². The average Bonchev–Trinajstić information content (AvgIpc) is 3.26. The molecule has 0 N–H and O–H groups in total. The van der Waals surface area contributed by atoms with Crippen LogP contribution in [0.2, 0.25) is 0 Å². The van der Waals surface area contributed by atoms with E-state index in [0.29, 0.717) is 0 Å². The molecule has 0 aromatic heterocycles. The lowest BCUT2D eigenvalue weighted by molar-refractivity contribution is 0.863. The third kappa shape index (κ3) is 2.39. The molecular weight excluding hydrogens is 272 g/mol. The van der Waals surface area contributed by atoms with Crippen molar-refractivity contribution in [1.82, 2.24) is 0 Å². The molecule has 2 aromatic rings. The smallest absolute Gasteiger partial charge is 0.135 e. The monoisotopic (exact) mass is 286 g/mol. The largest absolute Gasteiger partial charge is 0.176 e. The number of nitrogens with zero attached hydrogens (tertiary/aromatic N) is 4. The Bertz CT molecular complexity index is 788. The topological polar surface area (TPSA) is 49.4 Å². The quantitative estimate of drug-likeness (QED) is 0.766. The fraction of sp³-hybridized carbons (Fsp3) is 0.111. The van der Waals surface area contributed by atoms with E-state index < -0.39 is 0 Å². The van der Waals surface area contributed by atoms with E-state index in [-0.39, 0.29) is 12.1 Å². The Morgan fingerprint density at radius 2 is 1.32 bits per heavy atom. The second kappa shape index (κ2) is 5.48. The zero-order valence-corrected chi connectivity index (χ0v) is 11.9. The maximum atomic E-state index is 4.33. The highest BCUT2D eigenvalue weighted by Gasteiger charge is 2.23. The fourth-order valence-electron chi connectivity index (χ4n) is 2.58. The van der Waals surface area contributed by atoms with Crippen molar-refractivity contribution in [2.45, 2.75) is 12.1 Å². The lowest BCUT2D eigenvalue weighted by atomic mass is 10.1. The standard InChI is InChI=1S/C18H14N4/c1-3-7-13(8-4-1)15-11-17(21-19-15)18-12-16(20-22-18)14-9-5-2-6-10-14/h1-12,15,18H/t15-,18-/m0/s1. The van der Waals surface area contributed by atoms with E-state index in [4.69, 9.17) is 0 Å². The summed E-state index contributed by atoms with van der Waals surface area (Å²) in [5.74, 6) is 0. The molecule has 0 amide bonds. The molecule has 0 spiro atoms. The van der Waals surface area contributed by atoms with E-state index in [9.17, 15) is 0 Å². The molecule has 0 radical (unpaired) electrons. The molecule has 0 saturated heterocycles. The summed E-state index contributed by atoms with van der Waals surface area (Å²) in [5, 5.41) is 17.2. The molecular formula is C18H14N4. The van der Waals surface area contributed by atoms with Crippen LogP contribution in [0.5, 0.6) is 0 Å². The Kier molecular flexibility index (Phi) is 3.20. The SMILES string of the molecule is C1=C(c2ccccc2)N=N[C@@H]1C1=C[C@@H](c2ccccc2)N=N1. The van der Waals surface area contributed by atoms with E-state index in [0.717, 1.165) is 22.5 Å². The van der Waals surface area contributed by atoms with Gasteiger partial charge in [0.05, 0.1) is 11.4 Å². The molecule has 22 heavy (non-hydrogen) atoms. The van der Waals surface area contributed by atoms with Crippen LogP contribution in [0.3, 0.4) is 0 Å². The third-order valence-corrected chi connectivity index (χ3v) is 3.75. The highest BCUT2D eigenvalue weighted by atomic mass is 15.2. The van der Waals surface area contributed by atoms with Crippen LogP contribution in [-0.4, -0.2) is 6.04 Å². The molecule has 2 aliphatic heterocycles. The summed E-state index contributed by atoms with van der Waals surface area (Å²) in [6, 6.07) is 20.1. The van der Waals surface area contributed by atoms with Gasteiger partial charge in [0.15, 0.2) is 0 Å². The molecule has 0 fully saturated rings.